The molecule has 0 aliphatic carbocycles. The van der Waals surface area contributed by atoms with E-state index < -0.39 is 12.1 Å². The van der Waals surface area contributed by atoms with E-state index in [2.05, 4.69) is 4.98 Å². The minimum Gasteiger partial charge on any atom is -0.475 e. The van der Waals surface area contributed by atoms with E-state index in [-0.39, 0.29) is 16.6 Å². The van der Waals surface area contributed by atoms with Gasteiger partial charge < -0.3 is 14.7 Å². The van der Waals surface area contributed by atoms with Crippen molar-refractivity contribution in [2.75, 3.05) is 18.8 Å². The van der Waals surface area contributed by atoms with Crippen LogP contribution in [-0.2, 0) is 20.9 Å². The van der Waals surface area contributed by atoms with Crippen molar-refractivity contribution in [1.82, 2.24) is 9.88 Å². The molecule has 2 aliphatic rings. The summed E-state index contributed by atoms with van der Waals surface area (Å²) in [6, 6.07) is 3.98. The highest BCUT2D eigenvalue weighted by molar-refractivity contribution is 8.01. The Balaban J connectivity index is 0.000000345. The number of halogens is 3. The lowest BCUT2D eigenvalue weighted by Crippen LogP contribution is -2.61. The van der Waals surface area contributed by atoms with Crippen molar-refractivity contribution in [3.8, 4) is 0 Å². The average Bonchev–Trinajstić information content (AvgIpc) is 3.03. The van der Waals surface area contributed by atoms with Crippen LogP contribution < -0.4 is 0 Å². The van der Waals surface area contributed by atoms with E-state index in [0.29, 0.717) is 12.7 Å². The molecule has 1 unspecified atom stereocenters. The fraction of sp³-hybridized carbons (Fsp3) is 0.611. The Bertz CT molecular complexity index is 679. The van der Waals surface area contributed by atoms with Gasteiger partial charge >= 0.3 is 12.1 Å². The molecular formula is C18H23F3N2O4S. The molecule has 3 rings (SSSR count). The number of amides is 1. The molecule has 1 aromatic rings. The van der Waals surface area contributed by atoms with Crippen LogP contribution in [0.2, 0.25) is 0 Å². The molecule has 1 N–H and O–H groups in total. The van der Waals surface area contributed by atoms with Crippen molar-refractivity contribution in [3.05, 3.63) is 30.1 Å². The van der Waals surface area contributed by atoms with Crippen LogP contribution in [0.4, 0.5) is 13.2 Å². The molecule has 2 fully saturated rings. The SMILES string of the molecule is CC(C)C(=O)N1CC2(CC(OCc3ccncc3)CS2)C1.O=C(O)C(F)(F)F. The summed E-state index contributed by atoms with van der Waals surface area (Å²) >= 11 is 1.98. The zero-order chi connectivity index (χ0) is 20.9. The fourth-order valence-electron chi connectivity index (χ4n) is 2.99. The highest BCUT2D eigenvalue weighted by Gasteiger charge is 2.51. The number of thioether (sulfide) groups is 1. The van der Waals surface area contributed by atoms with Crippen molar-refractivity contribution in [3.63, 3.8) is 0 Å². The number of hydrogen-bond donors (Lipinski definition) is 1. The molecule has 0 saturated carbocycles. The Morgan fingerprint density at radius 3 is 2.43 bits per heavy atom. The molecule has 10 heteroatoms. The molecule has 6 nitrogen and oxygen atoms in total. The Labute approximate surface area is 165 Å². The molecular weight excluding hydrogens is 397 g/mol. The molecule has 2 saturated heterocycles. The van der Waals surface area contributed by atoms with Gasteiger partial charge in [0.2, 0.25) is 5.91 Å². The minimum atomic E-state index is -5.08. The van der Waals surface area contributed by atoms with E-state index in [4.69, 9.17) is 14.6 Å². The highest BCUT2D eigenvalue weighted by atomic mass is 32.2. The van der Waals surface area contributed by atoms with Crippen LogP contribution in [0.25, 0.3) is 0 Å². The molecule has 3 heterocycles. The first-order valence-electron chi connectivity index (χ1n) is 8.76. The molecule has 156 valence electrons. The van der Waals surface area contributed by atoms with Crippen molar-refractivity contribution in [2.45, 2.75) is 43.9 Å². The molecule has 1 amide bonds. The summed E-state index contributed by atoms with van der Waals surface area (Å²) < 4.78 is 38.0. The van der Waals surface area contributed by atoms with Gasteiger partial charge in [-0.05, 0) is 24.1 Å². The van der Waals surface area contributed by atoms with Crippen LogP contribution in [0.1, 0.15) is 25.8 Å². The second kappa shape index (κ2) is 9.13. The molecule has 0 aromatic carbocycles. The second-order valence-electron chi connectivity index (χ2n) is 7.14. The molecule has 1 aromatic heterocycles. The summed E-state index contributed by atoms with van der Waals surface area (Å²) in [5.41, 5.74) is 1.17. The van der Waals surface area contributed by atoms with Crippen molar-refractivity contribution in [2.24, 2.45) is 5.92 Å². The van der Waals surface area contributed by atoms with Crippen LogP contribution >= 0.6 is 11.8 Å². The van der Waals surface area contributed by atoms with Crippen LogP contribution in [-0.4, -0.2) is 62.7 Å². The lowest BCUT2D eigenvalue weighted by Gasteiger charge is -2.48. The number of alkyl halides is 3. The Kier molecular flexibility index (Phi) is 7.33. The minimum absolute atomic E-state index is 0.104. The maximum atomic E-state index is 11.9. The van der Waals surface area contributed by atoms with Gasteiger partial charge in [-0.15, -0.1) is 11.8 Å². The number of carboxylic acids is 1. The smallest absolute Gasteiger partial charge is 0.475 e. The third kappa shape index (κ3) is 6.10. The normalized spacial score (nSPS) is 20.5. The number of hydrogen-bond acceptors (Lipinski definition) is 5. The lowest BCUT2D eigenvalue weighted by molar-refractivity contribution is -0.192. The van der Waals surface area contributed by atoms with Crippen LogP contribution in [0.3, 0.4) is 0 Å². The van der Waals surface area contributed by atoms with E-state index in [1.165, 1.54) is 5.56 Å². The number of carbonyl (C=O) groups is 2. The molecule has 0 bridgehead atoms. The topological polar surface area (TPSA) is 79.7 Å². The number of ether oxygens (including phenoxy) is 1. The molecule has 2 aliphatic heterocycles. The van der Waals surface area contributed by atoms with Gasteiger partial charge in [0.1, 0.15) is 0 Å². The van der Waals surface area contributed by atoms with Gasteiger partial charge in [0.25, 0.3) is 0 Å². The van der Waals surface area contributed by atoms with Crippen LogP contribution in [0.5, 0.6) is 0 Å². The monoisotopic (exact) mass is 420 g/mol. The highest BCUT2D eigenvalue weighted by Crippen LogP contribution is 2.46. The van der Waals surface area contributed by atoms with Gasteiger partial charge in [0.05, 0.1) is 17.5 Å². The van der Waals surface area contributed by atoms with E-state index in [0.717, 1.165) is 25.3 Å². The van der Waals surface area contributed by atoms with Gasteiger partial charge in [-0.2, -0.15) is 13.2 Å². The van der Waals surface area contributed by atoms with Crippen molar-refractivity contribution in [1.29, 1.82) is 0 Å². The predicted octanol–water partition coefficient (Wildman–Crippen LogP) is 2.97. The van der Waals surface area contributed by atoms with E-state index in [1.54, 1.807) is 12.4 Å². The maximum absolute atomic E-state index is 11.9. The fourth-order valence-corrected chi connectivity index (χ4v) is 4.54. The molecule has 1 atom stereocenters. The van der Waals surface area contributed by atoms with Gasteiger partial charge in [-0.25, -0.2) is 4.79 Å². The third-order valence-electron chi connectivity index (χ3n) is 4.42. The Morgan fingerprint density at radius 1 is 1.36 bits per heavy atom. The largest absolute Gasteiger partial charge is 0.490 e. The standard InChI is InChI=1S/C16H22N2O2S.C2HF3O2/c1-12(2)15(19)18-10-16(11-18)7-14(9-21-16)20-8-13-3-5-17-6-4-13;3-2(4,5)1(6)7/h3-6,12,14H,7-11H2,1-2H3;(H,6,7). The van der Waals surface area contributed by atoms with Crippen molar-refractivity contribution >= 4 is 23.6 Å². The molecule has 28 heavy (non-hydrogen) atoms. The Hall–Kier alpha value is -1.81. The quantitative estimate of drug-likeness (QED) is 0.807. The number of pyridine rings is 1. The number of likely N-dealkylation sites (tertiary alicyclic amines) is 1. The maximum Gasteiger partial charge on any atom is 0.490 e. The third-order valence-corrected chi connectivity index (χ3v) is 5.99. The lowest BCUT2D eigenvalue weighted by atomic mass is 9.92. The zero-order valence-corrected chi connectivity index (χ0v) is 16.4. The summed E-state index contributed by atoms with van der Waals surface area (Å²) in [4.78, 5) is 26.8. The summed E-state index contributed by atoms with van der Waals surface area (Å²) in [5, 5.41) is 7.12. The van der Waals surface area contributed by atoms with Gasteiger partial charge in [0.15, 0.2) is 0 Å². The first-order valence-corrected chi connectivity index (χ1v) is 9.74. The number of rotatable bonds is 4. The summed E-state index contributed by atoms with van der Waals surface area (Å²) in [6.07, 6.45) is -0.125. The van der Waals surface area contributed by atoms with Crippen LogP contribution in [0.15, 0.2) is 24.5 Å². The second-order valence-corrected chi connectivity index (χ2v) is 8.63. The van der Waals surface area contributed by atoms with E-state index >= 15 is 0 Å². The Morgan fingerprint density at radius 2 is 1.93 bits per heavy atom. The first kappa shape index (κ1) is 22.5. The molecule has 1 spiro atoms. The van der Waals surface area contributed by atoms with Crippen LogP contribution in [0, 0.1) is 5.92 Å². The summed E-state index contributed by atoms with van der Waals surface area (Å²) in [7, 11) is 0. The average molecular weight is 420 g/mol. The zero-order valence-electron chi connectivity index (χ0n) is 15.6. The number of carbonyl (C=O) groups excluding carboxylic acids is 1. The van der Waals surface area contributed by atoms with Gasteiger partial charge in [0, 0.05) is 37.2 Å². The first-order chi connectivity index (χ1) is 13.0. The van der Waals surface area contributed by atoms with Crippen molar-refractivity contribution < 1.29 is 32.6 Å². The number of carboxylic acid groups (broad SMARTS) is 1. The summed E-state index contributed by atoms with van der Waals surface area (Å²) in [5.74, 6) is -1.34. The number of nitrogens with zero attached hydrogens (tertiary/aromatic N) is 2. The van der Waals surface area contributed by atoms with E-state index in [9.17, 15) is 18.0 Å². The van der Waals surface area contributed by atoms with E-state index in [1.807, 2.05) is 42.6 Å². The predicted molar refractivity (Wildman–Crippen MR) is 97.7 cm³/mol. The van der Waals surface area contributed by atoms with Gasteiger partial charge in [-0.1, -0.05) is 13.8 Å². The number of aliphatic carboxylic acids is 1. The van der Waals surface area contributed by atoms with Gasteiger partial charge in [-0.3, -0.25) is 9.78 Å². The number of aromatic nitrogens is 1. The summed E-state index contributed by atoms with van der Waals surface area (Å²) in [6.45, 7) is 6.37. The molecule has 0 radical (unpaired) electrons.